The van der Waals surface area contributed by atoms with Crippen molar-refractivity contribution in [1.82, 2.24) is 10.6 Å². The molecule has 3 atom stereocenters. The van der Waals surface area contributed by atoms with E-state index in [0.29, 0.717) is 18.6 Å². The van der Waals surface area contributed by atoms with Gasteiger partial charge in [0.05, 0.1) is 0 Å². The molecule has 0 aliphatic heterocycles. The Morgan fingerprint density at radius 1 is 1.14 bits per heavy atom. The molecule has 0 heterocycles. The average Bonchev–Trinajstić information content (AvgIpc) is 3.21. The molecule has 0 aromatic carbocycles. The monoisotopic (exact) mass is 310 g/mol. The lowest BCUT2D eigenvalue weighted by atomic mass is 10.0. The van der Waals surface area contributed by atoms with Crippen molar-refractivity contribution >= 4 is 6.09 Å². The molecule has 0 spiro atoms. The van der Waals surface area contributed by atoms with E-state index >= 15 is 0 Å². The van der Waals surface area contributed by atoms with Crippen LogP contribution in [-0.2, 0) is 4.74 Å². The zero-order valence-corrected chi connectivity index (χ0v) is 14.8. The van der Waals surface area contributed by atoms with E-state index in [2.05, 4.69) is 17.6 Å². The molecule has 0 aromatic heterocycles. The number of hydrogen-bond acceptors (Lipinski definition) is 3. The third-order valence-electron chi connectivity index (χ3n) is 4.76. The summed E-state index contributed by atoms with van der Waals surface area (Å²) in [6.45, 7) is 8.75. The van der Waals surface area contributed by atoms with Gasteiger partial charge in [-0.05, 0) is 64.7 Å². The van der Waals surface area contributed by atoms with Crippen molar-refractivity contribution in [2.24, 2.45) is 11.8 Å². The van der Waals surface area contributed by atoms with E-state index in [9.17, 15) is 4.79 Å². The summed E-state index contributed by atoms with van der Waals surface area (Å²) in [6.07, 6.45) is 8.85. The second-order valence-corrected chi connectivity index (χ2v) is 8.30. The predicted molar refractivity (Wildman–Crippen MR) is 89.9 cm³/mol. The Balaban J connectivity index is 1.76. The minimum Gasteiger partial charge on any atom is -0.444 e. The molecule has 2 fully saturated rings. The largest absolute Gasteiger partial charge is 0.444 e. The Bertz CT molecular complexity index is 361. The van der Waals surface area contributed by atoms with Gasteiger partial charge in [0.2, 0.25) is 0 Å². The van der Waals surface area contributed by atoms with Crippen LogP contribution >= 0.6 is 0 Å². The van der Waals surface area contributed by atoms with Gasteiger partial charge in [-0.15, -0.1) is 0 Å². The van der Waals surface area contributed by atoms with Gasteiger partial charge in [0.1, 0.15) is 5.60 Å². The SMILES string of the molecule is CC1CCCC(NC(CNC(=O)OC(C)(C)C)C2CC2)CC1. The van der Waals surface area contributed by atoms with Gasteiger partial charge < -0.3 is 15.4 Å². The minimum atomic E-state index is -0.427. The number of carbonyl (C=O) groups is 1. The summed E-state index contributed by atoms with van der Waals surface area (Å²) in [5.74, 6) is 1.60. The van der Waals surface area contributed by atoms with E-state index in [1.54, 1.807) is 0 Å². The molecule has 0 radical (unpaired) electrons. The van der Waals surface area contributed by atoms with E-state index < -0.39 is 5.60 Å². The maximum atomic E-state index is 11.8. The minimum absolute atomic E-state index is 0.297. The number of nitrogens with one attached hydrogen (secondary N) is 2. The molecular weight excluding hydrogens is 276 g/mol. The van der Waals surface area contributed by atoms with Crippen LogP contribution in [-0.4, -0.2) is 30.3 Å². The number of alkyl carbamates (subject to hydrolysis) is 1. The number of carbonyl (C=O) groups excluding carboxylic acids is 1. The summed E-state index contributed by atoms with van der Waals surface area (Å²) >= 11 is 0. The lowest BCUT2D eigenvalue weighted by Crippen LogP contribution is -2.47. The van der Waals surface area contributed by atoms with Crippen LogP contribution in [0.3, 0.4) is 0 Å². The first-order chi connectivity index (χ1) is 10.3. The molecule has 0 saturated heterocycles. The van der Waals surface area contributed by atoms with Gasteiger partial charge in [-0.2, -0.15) is 0 Å². The van der Waals surface area contributed by atoms with E-state index in [0.717, 1.165) is 11.8 Å². The fourth-order valence-electron chi connectivity index (χ4n) is 3.32. The topological polar surface area (TPSA) is 50.4 Å². The number of ether oxygens (including phenoxy) is 1. The van der Waals surface area contributed by atoms with Crippen LogP contribution in [0.15, 0.2) is 0 Å². The van der Waals surface area contributed by atoms with Gasteiger partial charge >= 0.3 is 6.09 Å². The van der Waals surface area contributed by atoms with Crippen molar-refractivity contribution in [3.8, 4) is 0 Å². The van der Waals surface area contributed by atoms with Crippen LogP contribution in [0.2, 0.25) is 0 Å². The first-order valence-corrected chi connectivity index (χ1v) is 9.06. The molecule has 1 amide bonds. The molecule has 128 valence electrons. The van der Waals surface area contributed by atoms with Crippen molar-refractivity contribution in [2.45, 2.75) is 90.3 Å². The average molecular weight is 310 g/mol. The van der Waals surface area contributed by atoms with Gasteiger partial charge in [0.15, 0.2) is 0 Å². The molecule has 0 aromatic rings. The standard InChI is InChI=1S/C18H34N2O2/c1-13-6-5-7-15(11-8-13)20-16(14-9-10-14)12-19-17(21)22-18(2,3)4/h13-16,20H,5-12H2,1-4H3,(H,19,21). The molecule has 2 N–H and O–H groups in total. The summed E-state index contributed by atoms with van der Waals surface area (Å²) in [6, 6.07) is 1.03. The van der Waals surface area contributed by atoms with Crippen LogP contribution < -0.4 is 10.6 Å². The van der Waals surface area contributed by atoms with Gasteiger partial charge in [0, 0.05) is 18.6 Å². The number of amides is 1. The van der Waals surface area contributed by atoms with Gasteiger partial charge in [-0.3, -0.25) is 0 Å². The Morgan fingerprint density at radius 3 is 2.50 bits per heavy atom. The summed E-state index contributed by atoms with van der Waals surface area (Å²) in [5.41, 5.74) is -0.427. The van der Waals surface area contributed by atoms with Crippen LogP contribution in [0, 0.1) is 11.8 Å². The van der Waals surface area contributed by atoms with E-state index in [1.165, 1.54) is 44.9 Å². The van der Waals surface area contributed by atoms with Crippen LogP contribution in [0.5, 0.6) is 0 Å². The Labute approximate surface area is 135 Å². The van der Waals surface area contributed by atoms with Crippen LogP contribution in [0.25, 0.3) is 0 Å². The Morgan fingerprint density at radius 2 is 1.86 bits per heavy atom. The summed E-state index contributed by atoms with van der Waals surface area (Å²) in [4.78, 5) is 11.8. The maximum absolute atomic E-state index is 11.8. The van der Waals surface area contributed by atoms with Gasteiger partial charge in [0.25, 0.3) is 0 Å². The van der Waals surface area contributed by atoms with Gasteiger partial charge in [-0.25, -0.2) is 4.79 Å². The number of hydrogen-bond donors (Lipinski definition) is 2. The lowest BCUT2D eigenvalue weighted by Gasteiger charge is -2.26. The maximum Gasteiger partial charge on any atom is 0.407 e. The third-order valence-corrected chi connectivity index (χ3v) is 4.76. The highest BCUT2D eigenvalue weighted by Crippen LogP contribution is 2.33. The Hall–Kier alpha value is -0.770. The molecule has 2 saturated carbocycles. The fraction of sp³-hybridized carbons (Fsp3) is 0.944. The van der Waals surface area contributed by atoms with Crippen LogP contribution in [0.1, 0.15) is 72.6 Å². The molecule has 4 nitrogen and oxygen atoms in total. The summed E-state index contributed by atoms with van der Waals surface area (Å²) < 4.78 is 5.33. The zero-order valence-electron chi connectivity index (χ0n) is 14.8. The van der Waals surface area contributed by atoms with E-state index in [1.807, 2.05) is 20.8 Å². The molecule has 2 aliphatic carbocycles. The summed E-state index contributed by atoms with van der Waals surface area (Å²) in [5, 5.41) is 6.78. The summed E-state index contributed by atoms with van der Waals surface area (Å²) in [7, 11) is 0. The molecule has 22 heavy (non-hydrogen) atoms. The second kappa shape index (κ2) is 7.67. The molecule has 2 rings (SSSR count). The highest BCUT2D eigenvalue weighted by atomic mass is 16.6. The lowest BCUT2D eigenvalue weighted by molar-refractivity contribution is 0.0520. The first-order valence-electron chi connectivity index (χ1n) is 9.06. The van der Waals surface area contributed by atoms with Crippen molar-refractivity contribution in [3.05, 3.63) is 0 Å². The van der Waals surface area contributed by atoms with E-state index in [4.69, 9.17) is 4.74 Å². The number of rotatable bonds is 5. The third kappa shape index (κ3) is 6.55. The highest BCUT2D eigenvalue weighted by molar-refractivity contribution is 5.67. The van der Waals surface area contributed by atoms with Crippen molar-refractivity contribution < 1.29 is 9.53 Å². The first kappa shape index (κ1) is 17.6. The highest BCUT2D eigenvalue weighted by Gasteiger charge is 2.33. The molecular formula is C18H34N2O2. The normalized spacial score (nSPS) is 27.8. The zero-order chi connectivity index (χ0) is 16.2. The molecule has 4 heteroatoms. The molecule has 2 aliphatic rings. The van der Waals surface area contributed by atoms with Crippen LogP contribution in [0.4, 0.5) is 4.79 Å². The molecule has 3 unspecified atom stereocenters. The van der Waals surface area contributed by atoms with Crippen molar-refractivity contribution in [3.63, 3.8) is 0 Å². The van der Waals surface area contributed by atoms with E-state index in [-0.39, 0.29) is 6.09 Å². The predicted octanol–water partition coefficient (Wildman–Crippen LogP) is 3.85. The molecule has 0 bridgehead atoms. The van der Waals surface area contributed by atoms with Crippen molar-refractivity contribution in [2.75, 3.05) is 6.54 Å². The fourth-order valence-corrected chi connectivity index (χ4v) is 3.32. The second-order valence-electron chi connectivity index (χ2n) is 8.30. The Kier molecular flexibility index (Phi) is 6.13. The quantitative estimate of drug-likeness (QED) is 0.758. The van der Waals surface area contributed by atoms with Crippen molar-refractivity contribution in [1.29, 1.82) is 0 Å². The van der Waals surface area contributed by atoms with Gasteiger partial charge in [-0.1, -0.05) is 19.8 Å². The smallest absolute Gasteiger partial charge is 0.407 e.